The number of sulfonamides is 1. The van der Waals surface area contributed by atoms with Crippen molar-refractivity contribution in [2.45, 2.75) is 23.3 Å². The number of carboxylic acid groups (broad SMARTS) is 1. The lowest BCUT2D eigenvalue weighted by Gasteiger charge is -2.25. The highest BCUT2D eigenvalue weighted by Gasteiger charge is 2.39. The molecule has 36 heavy (non-hydrogen) atoms. The summed E-state index contributed by atoms with van der Waals surface area (Å²) in [5.41, 5.74) is 1.40. The van der Waals surface area contributed by atoms with E-state index in [1.807, 2.05) is 53.4 Å². The van der Waals surface area contributed by atoms with Crippen molar-refractivity contribution in [1.29, 1.82) is 0 Å². The Bertz CT molecular complexity index is 1510. The van der Waals surface area contributed by atoms with Gasteiger partial charge in [-0.15, -0.1) is 0 Å². The van der Waals surface area contributed by atoms with E-state index in [0.717, 1.165) is 5.56 Å². The van der Waals surface area contributed by atoms with Gasteiger partial charge in [0.2, 0.25) is 0 Å². The summed E-state index contributed by atoms with van der Waals surface area (Å²) in [6, 6.07) is 22.5. The number of anilines is 2. The molecule has 4 aromatic rings. The van der Waals surface area contributed by atoms with Crippen LogP contribution in [0.15, 0.2) is 90.0 Å². The predicted octanol–water partition coefficient (Wildman–Crippen LogP) is 4.49. The number of rotatable bonds is 7. The number of aliphatic carboxylic acids is 1. The van der Waals surface area contributed by atoms with E-state index in [0.29, 0.717) is 41.0 Å². The highest BCUT2D eigenvalue weighted by atomic mass is 32.2. The number of fused-ring (bicyclic) bond motifs is 1. The van der Waals surface area contributed by atoms with Gasteiger partial charge in [-0.2, -0.15) is 0 Å². The van der Waals surface area contributed by atoms with Crippen LogP contribution >= 0.6 is 0 Å². The highest BCUT2D eigenvalue weighted by Crippen LogP contribution is 2.39. The third-order valence-electron chi connectivity index (χ3n) is 6.52. The number of pyridine rings is 1. The second-order valence-electron chi connectivity index (χ2n) is 8.67. The third kappa shape index (κ3) is 4.45. The van der Waals surface area contributed by atoms with Crippen molar-refractivity contribution in [3.05, 3.63) is 90.6 Å². The van der Waals surface area contributed by atoms with Crippen molar-refractivity contribution in [1.82, 2.24) is 4.98 Å². The summed E-state index contributed by atoms with van der Waals surface area (Å²) >= 11 is 0. The molecule has 1 aromatic heterocycles. The Labute approximate surface area is 209 Å². The van der Waals surface area contributed by atoms with Gasteiger partial charge in [-0.1, -0.05) is 54.6 Å². The minimum atomic E-state index is -3.88. The van der Waals surface area contributed by atoms with Gasteiger partial charge in [0, 0.05) is 23.2 Å². The summed E-state index contributed by atoms with van der Waals surface area (Å²) in [4.78, 5) is 18.7. The zero-order valence-corrected chi connectivity index (χ0v) is 20.4. The highest BCUT2D eigenvalue weighted by molar-refractivity contribution is 7.92. The molecule has 0 spiro atoms. The van der Waals surface area contributed by atoms with E-state index in [1.165, 1.54) is 25.4 Å². The van der Waals surface area contributed by atoms with Gasteiger partial charge >= 0.3 is 5.97 Å². The number of nitrogens with one attached hydrogen (secondary N) is 1. The summed E-state index contributed by atoms with van der Waals surface area (Å²) in [7, 11) is -2.37. The van der Waals surface area contributed by atoms with Crippen LogP contribution in [0.3, 0.4) is 0 Å². The standard InChI is InChI=1S/C27H25N3O5S/c1-35-20-11-13-21(14-12-20)36(33,34)29-24-16-28-26(23-10-6-5-9-22(23)24)30-17-19(15-25(30)27(31)32)18-7-3-2-4-8-18/h2-14,16,19,25,29H,15,17H2,1H3,(H,31,32)/t19-,25+/m1/s1. The molecule has 0 radical (unpaired) electrons. The molecule has 0 saturated carbocycles. The van der Waals surface area contributed by atoms with Gasteiger partial charge in [-0.3, -0.25) is 4.72 Å². The molecule has 1 aliphatic heterocycles. The van der Waals surface area contributed by atoms with Crippen LogP contribution in [-0.2, 0) is 14.8 Å². The van der Waals surface area contributed by atoms with Crippen LogP contribution in [0.2, 0.25) is 0 Å². The minimum Gasteiger partial charge on any atom is -0.497 e. The SMILES string of the molecule is COc1ccc(S(=O)(=O)Nc2cnc(N3C[C@H](c4ccccc4)C[C@H]3C(=O)O)c3ccccc23)cc1. The normalized spacial score (nSPS) is 17.8. The first-order valence-electron chi connectivity index (χ1n) is 11.5. The van der Waals surface area contributed by atoms with Gasteiger partial charge in [0.05, 0.1) is 23.9 Å². The lowest BCUT2D eigenvalue weighted by Crippen LogP contribution is -2.36. The van der Waals surface area contributed by atoms with Crippen molar-refractivity contribution in [2.75, 3.05) is 23.3 Å². The number of aromatic nitrogens is 1. The molecular weight excluding hydrogens is 478 g/mol. The first kappa shape index (κ1) is 23.6. The largest absolute Gasteiger partial charge is 0.497 e. The molecule has 3 aromatic carbocycles. The molecule has 0 unspecified atom stereocenters. The topological polar surface area (TPSA) is 109 Å². The molecule has 2 N–H and O–H groups in total. The summed E-state index contributed by atoms with van der Waals surface area (Å²) in [6.45, 7) is 0.495. The van der Waals surface area contributed by atoms with Crippen LogP contribution in [0.4, 0.5) is 11.5 Å². The number of methoxy groups -OCH3 is 1. The van der Waals surface area contributed by atoms with Gasteiger partial charge in [0.15, 0.2) is 0 Å². The molecule has 8 nitrogen and oxygen atoms in total. The Balaban J connectivity index is 1.51. The van der Waals surface area contributed by atoms with Crippen molar-refractivity contribution >= 4 is 38.3 Å². The molecule has 9 heteroatoms. The number of nitrogens with zero attached hydrogens (tertiary/aromatic N) is 2. The van der Waals surface area contributed by atoms with E-state index in [1.54, 1.807) is 18.2 Å². The Hall–Kier alpha value is -4.11. The van der Waals surface area contributed by atoms with Crippen LogP contribution in [0.1, 0.15) is 17.9 Å². The maximum atomic E-state index is 13.1. The molecule has 1 fully saturated rings. The number of hydrogen-bond donors (Lipinski definition) is 2. The molecule has 0 amide bonds. The molecule has 184 valence electrons. The molecule has 5 rings (SSSR count). The number of benzene rings is 3. The lowest BCUT2D eigenvalue weighted by atomic mass is 9.96. The van der Waals surface area contributed by atoms with E-state index in [-0.39, 0.29) is 10.8 Å². The Morgan fingerprint density at radius 1 is 1.00 bits per heavy atom. The van der Waals surface area contributed by atoms with Gasteiger partial charge in [0.25, 0.3) is 10.0 Å². The molecule has 0 bridgehead atoms. The van der Waals surface area contributed by atoms with Crippen molar-refractivity contribution in [3.8, 4) is 5.75 Å². The van der Waals surface area contributed by atoms with Crippen LogP contribution in [0.5, 0.6) is 5.75 Å². The molecule has 2 atom stereocenters. The molecule has 0 aliphatic carbocycles. The number of carboxylic acids is 1. The fraction of sp³-hybridized carbons (Fsp3) is 0.185. The summed E-state index contributed by atoms with van der Waals surface area (Å²) in [5.74, 6) is 0.200. The first-order valence-corrected chi connectivity index (χ1v) is 12.9. The Morgan fingerprint density at radius 2 is 1.67 bits per heavy atom. The monoisotopic (exact) mass is 503 g/mol. The summed E-state index contributed by atoms with van der Waals surface area (Å²) < 4.78 is 33.9. The average molecular weight is 504 g/mol. The zero-order valence-electron chi connectivity index (χ0n) is 19.5. The fourth-order valence-electron chi connectivity index (χ4n) is 4.72. The van der Waals surface area contributed by atoms with Gasteiger partial charge in [-0.05, 0) is 36.2 Å². The van der Waals surface area contributed by atoms with E-state index in [4.69, 9.17) is 4.74 Å². The van der Waals surface area contributed by atoms with Crippen LogP contribution in [-0.4, -0.2) is 44.2 Å². The van der Waals surface area contributed by atoms with Crippen molar-refractivity contribution < 1.29 is 23.1 Å². The van der Waals surface area contributed by atoms with Crippen LogP contribution < -0.4 is 14.4 Å². The maximum absolute atomic E-state index is 13.1. The Morgan fingerprint density at radius 3 is 2.33 bits per heavy atom. The first-order chi connectivity index (χ1) is 17.4. The van der Waals surface area contributed by atoms with Crippen LogP contribution in [0.25, 0.3) is 10.8 Å². The Kier molecular flexibility index (Phi) is 6.24. The number of hydrogen-bond acceptors (Lipinski definition) is 6. The van der Waals surface area contributed by atoms with E-state index in [2.05, 4.69) is 9.71 Å². The molecule has 1 saturated heterocycles. The fourth-order valence-corrected chi connectivity index (χ4v) is 5.78. The quantitative estimate of drug-likeness (QED) is 0.382. The lowest BCUT2D eigenvalue weighted by molar-refractivity contribution is -0.138. The zero-order chi connectivity index (χ0) is 25.3. The maximum Gasteiger partial charge on any atom is 0.326 e. The summed E-state index contributed by atoms with van der Waals surface area (Å²) in [6.07, 6.45) is 1.91. The van der Waals surface area contributed by atoms with E-state index >= 15 is 0 Å². The van der Waals surface area contributed by atoms with Gasteiger partial charge in [-0.25, -0.2) is 18.2 Å². The third-order valence-corrected chi connectivity index (χ3v) is 7.90. The second kappa shape index (κ2) is 9.50. The molecule has 1 aliphatic rings. The average Bonchev–Trinajstić information content (AvgIpc) is 3.35. The van der Waals surface area contributed by atoms with Crippen molar-refractivity contribution in [2.24, 2.45) is 0 Å². The minimum absolute atomic E-state index is 0.0427. The molecule has 2 heterocycles. The summed E-state index contributed by atoms with van der Waals surface area (Å²) in [5, 5.41) is 11.3. The van der Waals surface area contributed by atoms with Gasteiger partial charge in [0.1, 0.15) is 17.6 Å². The van der Waals surface area contributed by atoms with Crippen molar-refractivity contribution in [3.63, 3.8) is 0 Å². The van der Waals surface area contributed by atoms with E-state index < -0.39 is 22.0 Å². The molecular formula is C27H25N3O5S. The predicted molar refractivity (Wildman–Crippen MR) is 138 cm³/mol. The smallest absolute Gasteiger partial charge is 0.326 e. The number of ether oxygens (including phenoxy) is 1. The number of carbonyl (C=O) groups is 1. The van der Waals surface area contributed by atoms with Crippen LogP contribution in [0, 0.1) is 0 Å². The van der Waals surface area contributed by atoms with E-state index in [9.17, 15) is 18.3 Å². The second-order valence-corrected chi connectivity index (χ2v) is 10.4. The van der Waals surface area contributed by atoms with Gasteiger partial charge < -0.3 is 14.7 Å².